The summed E-state index contributed by atoms with van der Waals surface area (Å²) in [5.41, 5.74) is 0.249. The minimum absolute atomic E-state index is 0.0615. The molecule has 0 unspecified atom stereocenters. The van der Waals surface area contributed by atoms with Gasteiger partial charge in [0.2, 0.25) is 5.89 Å². The van der Waals surface area contributed by atoms with Gasteiger partial charge in [-0.1, -0.05) is 12.1 Å². The van der Waals surface area contributed by atoms with Gasteiger partial charge in [-0.05, 0) is 6.07 Å². The predicted molar refractivity (Wildman–Crippen MR) is 60.8 cm³/mol. The fourth-order valence-corrected chi connectivity index (χ4v) is 1.52. The maximum atomic E-state index is 10.8. The first-order valence-corrected chi connectivity index (χ1v) is 5.38. The minimum Gasteiger partial charge on any atom is -0.420 e. The van der Waals surface area contributed by atoms with Crippen LogP contribution >= 0.6 is 11.6 Å². The number of nitrogens with zero attached hydrogens (tertiary/aromatic N) is 3. The number of hydrogen-bond acceptors (Lipinski definition) is 5. The highest BCUT2D eigenvalue weighted by Gasteiger charge is 2.19. The van der Waals surface area contributed by atoms with Gasteiger partial charge in [0.25, 0.3) is 11.6 Å². The summed E-state index contributed by atoms with van der Waals surface area (Å²) in [7, 11) is 0. The first kappa shape index (κ1) is 11.5. The van der Waals surface area contributed by atoms with E-state index < -0.39 is 4.92 Å². The van der Waals surface area contributed by atoms with Gasteiger partial charge in [0, 0.05) is 18.4 Å². The highest BCUT2D eigenvalue weighted by Crippen LogP contribution is 2.28. The minimum atomic E-state index is -0.485. The number of para-hydroxylation sites is 1. The van der Waals surface area contributed by atoms with Crippen molar-refractivity contribution in [3.05, 3.63) is 40.3 Å². The van der Waals surface area contributed by atoms with Gasteiger partial charge in [-0.3, -0.25) is 10.1 Å². The van der Waals surface area contributed by atoms with Gasteiger partial charge in [-0.25, -0.2) is 0 Å². The Bertz CT molecular complexity index is 541. The van der Waals surface area contributed by atoms with Gasteiger partial charge in [0.05, 0.1) is 4.92 Å². The molecule has 2 rings (SSSR count). The molecule has 0 saturated carbocycles. The molecule has 0 radical (unpaired) electrons. The Kier molecular flexibility index (Phi) is 3.34. The highest BCUT2D eigenvalue weighted by atomic mass is 35.5. The van der Waals surface area contributed by atoms with Gasteiger partial charge < -0.3 is 4.42 Å². The van der Waals surface area contributed by atoms with E-state index in [1.165, 1.54) is 6.07 Å². The fourth-order valence-electron chi connectivity index (χ4n) is 1.36. The zero-order valence-electron chi connectivity index (χ0n) is 8.67. The summed E-state index contributed by atoms with van der Waals surface area (Å²) in [5.74, 6) is 0.865. The summed E-state index contributed by atoms with van der Waals surface area (Å²) in [4.78, 5) is 10.3. The van der Waals surface area contributed by atoms with Crippen LogP contribution in [0.4, 0.5) is 5.69 Å². The fraction of sp³-hybridized carbons (Fsp3) is 0.200. The van der Waals surface area contributed by atoms with E-state index in [1.807, 2.05) is 0 Å². The van der Waals surface area contributed by atoms with E-state index in [-0.39, 0.29) is 11.6 Å². The number of nitro groups is 1. The molecule has 0 spiro atoms. The van der Waals surface area contributed by atoms with E-state index in [1.54, 1.807) is 18.2 Å². The van der Waals surface area contributed by atoms with Crippen LogP contribution < -0.4 is 0 Å². The lowest BCUT2D eigenvalue weighted by molar-refractivity contribution is -0.384. The van der Waals surface area contributed by atoms with E-state index in [0.717, 1.165) is 0 Å². The van der Waals surface area contributed by atoms with Crippen LogP contribution in [0.1, 0.15) is 5.89 Å². The highest BCUT2D eigenvalue weighted by molar-refractivity contribution is 6.17. The Morgan fingerprint density at radius 1 is 1.35 bits per heavy atom. The molecule has 0 aliphatic carbocycles. The standard InChI is InChI=1S/C10H8ClN3O3/c11-6-5-9-12-13-10(17-9)7-3-1-2-4-8(7)14(15)16/h1-4H,5-6H2. The average molecular weight is 254 g/mol. The topological polar surface area (TPSA) is 82.1 Å². The maximum absolute atomic E-state index is 10.8. The van der Waals surface area contributed by atoms with Crippen molar-refractivity contribution < 1.29 is 9.34 Å². The summed E-state index contributed by atoms with van der Waals surface area (Å²) >= 11 is 5.54. The number of hydrogen-bond donors (Lipinski definition) is 0. The number of rotatable bonds is 4. The molecule has 0 amide bonds. The quantitative estimate of drug-likeness (QED) is 0.475. The molecule has 0 aliphatic rings. The molecule has 2 aromatic rings. The second-order valence-corrected chi connectivity index (χ2v) is 3.59. The van der Waals surface area contributed by atoms with Crippen LogP contribution in [0, 0.1) is 10.1 Å². The Labute approximate surface area is 101 Å². The molecule has 0 aliphatic heterocycles. The number of halogens is 1. The van der Waals surface area contributed by atoms with E-state index in [2.05, 4.69) is 10.2 Å². The molecular formula is C10H8ClN3O3. The zero-order valence-corrected chi connectivity index (χ0v) is 9.42. The Balaban J connectivity index is 2.41. The van der Waals surface area contributed by atoms with Gasteiger partial charge in [-0.15, -0.1) is 21.8 Å². The van der Waals surface area contributed by atoms with Crippen LogP contribution in [0.25, 0.3) is 11.5 Å². The Hall–Kier alpha value is -1.95. The van der Waals surface area contributed by atoms with Crippen molar-refractivity contribution in [2.75, 3.05) is 5.88 Å². The molecule has 7 heteroatoms. The third kappa shape index (κ3) is 2.42. The van der Waals surface area contributed by atoms with Crippen LogP contribution in [-0.2, 0) is 6.42 Å². The molecule has 0 fully saturated rings. The first-order chi connectivity index (χ1) is 8.22. The number of aromatic nitrogens is 2. The van der Waals surface area contributed by atoms with E-state index in [9.17, 15) is 10.1 Å². The van der Waals surface area contributed by atoms with Crippen molar-refractivity contribution in [1.82, 2.24) is 10.2 Å². The molecule has 6 nitrogen and oxygen atoms in total. The first-order valence-electron chi connectivity index (χ1n) is 4.84. The SMILES string of the molecule is O=[N+]([O-])c1ccccc1-c1nnc(CCCl)o1. The largest absolute Gasteiger partial charge is 0.420 e. The molecule has 17 heavy (non-hydrogen) atoms. The van der Waals surface area contributed by atoms with Crippen molar-refractivity contribution in [1.29, 1.82) is 0 Å². The van der Waals surface area contributed by atoms with Crippen LogP contribution in [-0.4, -0.2) is 21.0 Å². The smallest absolute Gasteiger partial charge is 0.282 e. The lowest BCUT2D eigenvalue weighted by atomic mass is 10.2. The van der Waals surface area contributed by atoms with Crippen molar-refractivity contribution in [2.45, 2.75) is 6.42 Å². The summed E-state index contributed by atoms with van der Waals surface area (Å²) in [6, 6.07) is 6.21. The molecule has 1 aromatic heterocycles. The second-order valence-electron chi connectivity index (χ2n) is 3.21. The van der Waals surface area contributed by atoms with Gasteiger partial charge in [-0.2, -0.15) is 0 Å². The molecule has 0 saturated heterocycles. The van der Waals surface area contributed by atoms with E-state index in [4.69, 9.17) is 16.0 Å². The van der Waals surface area contributed by atoms with Crippen molar-refractivity contribution >= 4 is 17.3 Å². The predicted octanol–water partition coefficient (Wildman–Crippen LogP) is 2.43. The Morgan fingerprint density at radius 3 is 2.82 bits per heavy atom. The summed E-state index contributed by atoms with van der Waals surface area (Å²) in [6.07, 6.45) is 0.440. The zero-order chi connectivity index (χ0) is 12.3. The van der Waals surface area contributed by atoms with E-state index >= 15 is 0 Å². The van der Waals surface area contributed by atoms with E-state index in [0.29, 0.717) is 23.8 Å². The molecule has 0 bridgehead atoms. The third-order valence-corrected chi connectivity index (χ3v) is 2.30. The van der Waals surface area contributed by atoms with Crippen LogP contribution in [0.5, 0.6) is 0 Å². The molecule has 88 valence electrons. The number of alkyl halides is 1. The summed E-state index contributed by atoms with van der Waals surface area (Å²) in [5, 5.41) is 18.3. The Morgan fingerprint density at radius 2 is 2.12 bits per heavy atom. The lowest BCUT2D eigenvalue weighted by Crippen LogP contribution is -1.91. The van der Waals surface area contributed by atoms with Gasteiger partial charge >= 0.3 is 0 Å². The number of benzene rings is 1. The monoisotopic (exact) mass is 253 g/mol. The molecule has 0 atom stereocenters. The molecule has 1 aromatic carbocycles. The molecular weight excluding hydrogens is 246 g/mol. The number of nitro benzene ring substituents is 1. The van der Waals surface area contributed by atoms with Crippen molar-refractivity contribution in [2.24, 2.45) is 0 Å². The summed E-state index contributed by atoms with van der Waals surface area (Å²) in [6.45, 7) is 0. The van der Waals surface area contributed by atoms with Gasteiger partial charge in [0.15, 0.2) is 0 Å². The van der Waals surface area contributed by atoms with Crippen LogP contribution in [0.15, 0.2) is 28.7 Å². The van der Waals surface area contributed by atoms with Gasteiger partial charge in [0.1, 0.15) is 5.56 Å². The molecule has 0 N–H and O–H groups in total. The maximum Gasteiger partial charge on any atom is 0.282 e. The van der Waals surface area contributed by atoms with Crippen molar-refractivity contribution in [3.63, 3.8) is 0 Å². The molecule has 1 heterocycles. The van der Waals surface area contributed by atoms with Crippen molar-refractivity contribution in [3.8, 4) is 11.5 Å². The average Bonchev–Trinajstić information content (AvgIpc) is 2.78. The second kappa shape index (κ2) is 4.92. The summed E-state index contributed by atoms with van der Waals surface area (Å²) < 4.78 is 5.29. The lowest BCUT2D eigenvalue weighted by Gasteiger charge is -1.96. The van der Waals surface area contributed by atoms with Crippen LogP contribution in [0.2, 0.25) is 0 Å². The normalized spacial score (nSPS) is 10.4. The van der Waals surface area contributed by atoms with Crippen LogP contribution in [0.3, 0.4) is 0 Å². The number of aryl methyl sites for hydroxylation is 1. The third-order valence-electron chi connectivity index (χ3n) is 2.11.